The first-order valence-corrected chi connectivity index (χ1v) is 11.9. The molecule has 9 nitrogen and oxygen atoms in total. The van der Waals surface area contributed by atoms with E-state index in [9.17, 15) is 9.59 Å². The van der Waals surface area contributed by atoms with Crippen molar-refractivity contribution in [3.05, 3.63) is 45.9 Å². The molecule has 0 bridgehead atoms. The lowest BCUT2D eigenvalue weighted by molar-refractivity contribution is 0.0532. The van der Waals surface area contributed by atoms with E-state index in [2.05, 4.69) is 32.1 Å². The van der Waals surface area contributed by atoms with E-state index < -0.39 is 5.97 Å². The van der Waals surface area contributed by atoms with Gasteiger partial charge in [0, 0.05) is 37.2 Å². The lowest BCUT2D eigenvalue weighted by Crippen LogP contribution is -2.50. The van der Waals surface area contributed by atoms with Crippen molar-refractivity contribution >= 4 is 39.9 Å². The number of halogens is 1. The summed E-state index contributed by atoms with van der Waals surface area (Å²) in [5.41, 5.74) is 2.23. The van der Waals surface area contributed by atoms with Gasteiger partial charge in [0.1, 0.15) is 22.0 Å². The molecule has 4 rings (SSSR count). The third-order valence-electron chi connectivity index (χ3n) is 5.57. The molecule has 1 fully saturated rings. The van der Waals surface area contributed by atoms with Crippen LogP contribution in [0, 0.1) is 12.8 Å². The summed E-state index contributed by atoms with van der Waals surface area (Å²) >= 11 is 7.36. The highest BCUT2D eigenvalue weighted by atomic mass is 35.5. The fraction of sp³-hybridized carbons (Fsp3) is 0.409. The molecule has 1 aliphatic rings. The van der Waals surface area contributed by atoms with Crippen LogP contribution < -0.4 is 10.2 Å². The number of hydrogen-bond donors (Lipinski definition) is 2. The SMILES string of the molecule is CCOC(=O)c1sc(N2CC[C@@H](NC(=O)c3cc(Cl)c(C)[nH]3)[C@@H](C)C2)nc1-c1cnccn1. The first kappa shape index (κ1) is 23.2. The quantitative estimate of drug-likeness (QED) is 0.508. The number of rotatable bonds is 6. The van der Waals surface area contributed by atoms with Crippen molar-refractivity contribution in [2.45, 2.75) is 33.2 Å². The zero-order chi connectivity index (χ0) is 23.5. The van der Waals surface area contributed by atoms with Gasteiger partial charge in [-0.05, 0) is 32.3 Å². The minimum Gasteiger partial charge on any atom is -0.462 e. The van der Waals surface area contributed by atoms with Crippen LogP contribution in [-0.4, -0.2) is 57.6 Å². The molecule has 11 heteroatoms. The zero-order valence-electron chi connectivity index (χ0n) is 18.6. The Hall–Kier alpha value is -2.98. The Kier molecular flexibility index (Phi) is 6.94. The van der Waals surface area contributed by atoms with Crippen LogP contribution >= 0.6 is 22.9 Å². The predicted molar refractivity (Wildman–Crippen MR) is 127 cm³/mol. The van der Waals surface area contributed by atoms with Crippen molar-refractivity contribution in [2.24, 2.45) is 5.92 Å². The van der Waals surface area contributed by atoms with Gasteiger partial charge < -0.3 is 19.9 Å². The first-order valence-electron chi connectivity index (χ1n) is 10.7. The highest BCUT2D eigenvalue weighted by molar-refractivity contribution is 7.17. The van der Waals surface area contributed by atoms with Crippen molar-refractivity contribution < 1.29 is 14.3 Å². The number of hydrogen-bond acceptors (Lipinski definition) is 8. The number of piperidine rings is 1. The number of anilines is 1. The Balaban J connectivity index is 1.49. The fourth-order valence-corrected chi connectivity index (χ4v) is 4.97. The second-order valence-corrected chi connectivity index (χ2v) is 9.32. The number of amides is 1. The van der Waals surface area contributed by atoms with E-state index in [1.807, 2.05) is 6.92 Å². The number of carbonyl (C=O) groups excluding carboxylic acids is 2. The molecule has 1 aliphatic heterocycles. The molecule has 0 spiro atoms. The minimum atomic E-state index is -0.419. The van der Waals surface area contributed by atoms with Gasteiger partial charge in [-0.15, -0.1) is 0 Å². The van der Waals surface area contributed by atoms with E-state index in [1.54, 1.807) is 31.6 Å². The Morgan fingerprint density at radius 3 is 2.85 bits per heavy atom. The Morgan fingerprint density at radius 2 is 2.21 bits per heavy atom. The van der Waals surface area contributed by atoms with Gasteiger partial charge in [0.25, 0.3) is 5.91 Å². The maximum atomic E-state index is 12.6. The highest BCUT2D eigenvalue weighted by Crippen LogP contribution is 2.34. The molecule has 4 heterocycles. The standard InChI is InChI=1S/C22H25ClN6O3S/c1-4-32-21(31)19-18(17-10-24-6-7-25-17)28-22(33-19)29-8-5-15(12(2)11-29)27-20(30)16-9-14(23)13(3)26-16/h6-7,9-10,12,15,26H,4-5,8,11H2,1-3H3,(H,27,30)/t12-,15+/m0/s1. The van der Waals surface area contributed by atoms with Crippen LogP contribution in [-0.2, 0) is 4.74 Å². The van der Waals surface area contributed by atoms with Gasteiger partial charge in [-0.3, -0.25) is 14.8 Å². The number of ether oxygens (including phenoxy) is 1. The van der Waals surface area contributed by atoms with Gasteiger partial charge in [0.15, 0.2) is 5.13 Å². The Labute approximate surface area is 200 Å². The first-order chi connectivity index (χ1) is 15.9. The monoisotopic (exact) mass is 488 g/mol. The number of aromatic amines is 1. The smallest absolute Gasteiger partial charge is 0.350 e. The number of aromatic nitrogens is 4. The molecule has 1 saturated heterocycles. The van der Waals surface area contributed by atoms with Crippen LogP contribution in [0.2, 0.25) is 5.02 Å². The second-order valence-electron chi connectivity index (χ2n) is 7.93. The normalized spacial score (nSPS) is 18.2. The molecule has 174 valence electrons. The van der Waals surface area contributed by atoms with Gasteiger partial charge in [-0.25, -0.2) is 9.78 Å². The van der Waals surface area contributed by atoms with Crippen LogP contribution in [0.15, 0.2) is 24.7 Å². The summed E-state index contributed by atoms with van der Waals surface area (Å²) in [6.07, 6.45) is 5.47. The number of H-pyrrole nitrogens is 1. The highest BCUT2D eigenvalue weighted by Gasteiger charge is 2.31. The molecule has 0 aromatic carbocycles. The number of carbonyl (C=O) groups is 2. The Bertz CT molecular complexity index is 1130. The average molecular weight is 489 g/mol. The van der Waals surface area contributed by atoms with Crippen molar-refractivity contribution in [1.29, 1.82) is 0 Å². The van der Waals surface area contributed by atoms with Crippen LogP contribution in [0.3, 0.4) is 0 Å². The fourth-order valence-electron chi connectivity index (χ4n) is 3.81. The van der Waals surface area contributed by atoms with Gasteiger partial charge in [0.2, 0.25) is 0 Å². The van der Waals surface area contributed by atoms with Gasteiger partial charge in [-0.1, -0.05) is 29.9 Å². The molecule has 0 aliphatic carbocycles. The molecular weight excluding hydrogens is 464 g/mol. The summed E-state index contributed by atoms with van der Waals surface area (Å²) in [6, 6.07) is 1.66. The third kappa shape index (κ3) is 5.01. The van der Waals surface area contributed by atoms with Crippen LogP contribution in [0.1, 0.15) is 46.1 Å². The largest absolute Gasteiger partial charge is 0.462 e. The van der Waals surface area contributed by atoms with E-state index >= 15 is 0 Å². The van der Waals surface area contributed by atoms with Crippen molar-refractivity contribution in [3.63, 3.8) is 0 Å². The molecule has 3 aromatic rings. The number of esters is 1. The number of aryl methyl sites for hydroxylation is 1. The maximum absolute atomic E-state index is 12.6. The van der Waals surface area contributed by atoms with Crippen LogP contribution in [0.5, 0.6) is 0 Å². The van der Waals surface area contributed by atoms with E-state index in [1.165, 1.54) is 11.3 Å². The van der Waals surface area contributed by atoms with Crippen molar-refractivity contribution in [2.75, 3.05) is 24.6 Å². The molecular formula is C22H25ClN6O3S. The summed E-state index contributed by atoms with van der Waals surface area (Å²) in [6.45, 7) is 7.34. The predicted octanol–water partition coefficient (Wildman–Crippen LogP) is 3.71. The topological polar surface area (TPSA) is 113 Å². The molecule has 0 unspecified atom stereocenters. The van der Waals surface area contributed by atoms with Gasteiger partial charge in [-0.2, -0.15) is 0 Å². The lowest BCUT2D eigenvalue weighted by atomic mass is 9.94. The van der Waals surface area contributed by atoms with E-state index in [-0.39, 0.29) is 24.5 Å². The second kappa shape index (κ2) is 9.88. The summed E-state index contributed by atoms with van der Waals surface area (Å²) in [5.74, 6) is -0.416. The van der Waals surface area contributed by atoms with Crippen molar-refractivity contribution in [3.8, 4) is 11.4 Å². The summed E-state index contributed by atoms with van der Waals surface area (Å²) in [7, 11) is 0. The van der Waals surface area contributed by atoms with Crippen LogP contribution in [0.4, 0.5) is 5.13 Å². The van der Waals surface area contributed by atoms with Gasteiger partial charge >= 0.3 is 5.97 Å². The maximum Gasteiger partial charge on any atom is 0.350 e. The minimum absolute atomic E-state index is 0.0140. The van der Waals surface area contributed by atoms with E-state index in [0.717, 1.165) is 17.2 Å². The molecule has 0 radical (unpaired) electrons. The summed E-state index contributed by atoms with van der Waals surface area (Å²) < 4.78 is 5.23. The number of nitrogens with one attached hydrogen (secondary N) is 2. The lowest BCUT2D eigenvalue weighted by Gasteiger charge is -2.37. The molecule has 0 saturated carbocycles. The number of thiazole rings is 1. The molecule has 2 N–H and O–H groups in total. The Morgan fingerprint density at radius 1 is 1.39 bits per heavy atom. The van der Waals surface area contributed by atoms with Crippen molar-refractivity contribution in [1.82, 2.24) is 25.3 Å². The average Bonchev–Trinajstić information content (AvgIpc) is 3.40. The van der Waals surface area contributed by atoms with Gasteiger partial charge in [0.05, 0.1) is 17.8 Å². The molecule has 1 amide bonds. The molecule has 33 heavy (non-hydrogen) atoms. The van der Waals surface area contributed by atoms with E-state index in [0.29, 0.717) is 40.1 Å². The molecule has 2 atom stereocenters. The number of nitrogens with zero attached hydrogens (tertiary/aromatic N) is 4. The van der Waals surface area contributed by atoms with E-state index in [4.69, 9.17) is 21.3 Å². The summed E-state index contributed by atoms with van der Waals surface area (Å²) in [4.78, 5) is 43.9. The summed E-state index contributed by atoms with van der Waals surface area (Å²) in [5, 5.41) is 4.38. The van der Waals surface area contributed by atoms with Crippen LogP contribution in [0.25, 0.3) is 11.4 Å². The third-order valence-corrected chi connectivity index (χ3v) is 7.06. The zero-order valence-corrected chi connectivity index (χ0v) is 20.2. The molecule has 3 aromatic heterocycles.